The van der Waals surface area contributed by atoms with Gasteiger partial charge in [0.25, 0.3) is 0 Å². The fourth-order valence-corrected chi connectivity index (χ4v) is 4.05. The summed E-state index contributed by atoms with van der Waals surface area (Å²) in [7, 11) is 2.15. The number of amides is 1. The molecule has 3 atom stereocenters. The first-order valence-corrected chi connectivity index (χ1v) is 9.58. The van der Waals surface area contributed by atoms with Crippen LogP contribution in [-0.4, -0.2) is 74.2 Å². The fraction of sp³-hybridized carbons (Fsp3) is 0.667. The third kappa shape index (κ3) is 4.70. The average Bonchev–Trinajstić information content (AvgIpc) is 3.11. The molecule has 1 amide bonds. The molecule has 0 radical (unpaired) electrons. The van der Waals surface area contributed by atoms with Crippen molar-refractivity contribution in [3.63, 3.8) is 0 Å². The Morgan fingerprint density at radius 1 is 1.30 bits per heavy atom. The number of likely N-dealkylation sites (N-methyl/N-ethyl adjacent to an activating group) is 1. The highest BCUT2D eigenvalue weighted by Gasteiger charge is 2.40. The molecule has 3 aliphatic rings. The summed E-state index contributed by atoms with van der Waals surface area (Å²) in [6, 6.07) is 4.28. The zero-order valence-electron chi connectivity index (χ0n) is 15.8. The van der Waals surface area contributed by atoms with Gasteiger partial charge in [0.2, 0.25) is 5.91 Å². The van der Waals surface area contributed by atoms with Gasteiger partial charge in [0, 0.05) is 57.4 Å². The monoisotopic (exact) mass is 395 g/mol. The van der Waals surface area contributed by atoms with Gasteiger partial charge in [0.05, 0.1) is 0 Å². The standard InChI is InChI=1S/C18H29N7O.ClH/c1-24-6-8-25(9-7-24)16-10-13(2-5-20-16)11-21-18(26)17-14-12-19-4-3-15(14)22-23-17;/h2,5,10,14-15,17,19,22-23H,3-4,6-9,11-12H2,1H3,(H,21,26);1H. The van der Waals surface area contributed by atoms with Gasteiger partial charge in [-0.15, -0.1) is 12.4 Å². The Morgan fingerprint density at radius 3 is 2.93 bits per heavy atom. The smallest absolute Gasteiger partial charge is 0.239 e. The number of carbonyl (C=O) groups is 1. The number of pyridine rings is 1. The number of halogens is 1. The van der Waals surface area contributed by atoms with Crippen molar-refractivity contribution in [2.24, 2.45) is 5.92 Å². The minimum Gasteiger partial charge on any atom is -0.354 e. The van der Waals surface area contributed by atoms with Crippen LogP contribution >= 0.6 is 12.4 Å². The first-order valence-electron chi connectivity index (χ1n) is 9.58. The lowest BCUT2D eigenvalue weighted by molar-refractivity contribution is -0.124. The van der Waals surface area contributed by atoms with Crippen LogP contribution in [0.15, 0.2) is 18.3 Å². The zero-order chi connectivity index (χ0) is 17.9. The zero-order valence-corrected chi connectivity index (χ0v) is 16.6. The second kappa shape index (κ2) is 9.16. The molecule has 150 valence electrons. The molecule has 1 aromatic heterocycles. The summed E-state index contributed by atoms with van der Waals surface area (Å²) in [4.78, 5) is 21.8. The highest BCUT2D eigenvalue weighted by Crippen LogP contribution is 2.20. The van der Waals surface area contributed by atoms with Crippen molar-refractivity contribution in [3.8, 4) is 0 Å². The Bertz CT molecular complexity index is 638. The van der Waals surface area contributed by atoms with Crippen LogP contribution in [0.1, 0.15) is 12.0 Å². The fourth-order valence-electron chi connectivity index (χ4n) is 4.05. The van der Waals surface area contributed by atoms with Crippen molar-refractivity contribution >= 4 is 24.1 Å². The second-order valence-corrected chi connectivity index (χ2v) is 7.56. The highest BCUT2D eigenvalue weighted by atomic mass is 35.5. The largest absolute Gasteiger partial charge is 0.354 e. The number of hydrogen-bond acceptors (Lipinski definition) is 7. The van der Waals surface area contributed by atoms with Crippen LogP contribution in [0.25, 0.3) is 0 Å². The minimum absolute atomic E-state index is 0. The maximum absolute atomic E-state index is 12.6. The van der Waals surface area contributed by atoms with Gasteiger partial charge in [-0.2, -0.15) is 0 Å². The van der Waals surface area contributed by atoms with E-state index < -0.39 is 0 Å². The number of aromatic nitrogens is 1. The number of hydrogen-bond donors (Lipinski definition) is 4. The number of nitrogens with one attached hydrogen (secondary N) is 4. The third-order valence-corrected chi connectivity index (χ3v) is 5.77. The molecule has 3 unspecified atom stereocenters. The van der Waals surface area contributed by atoms with Gasteiger partial charge >= 0.3 is 0 Å². The molecular formula is C18H30ClN7O. The number of fused-ring (bicyclic) bond motifs is 1. The van der Waals surface area contributed by atoms with Crippen LogP contribution in [0.4, 0.5) is 5.82 Å². The number of nitrogens with zero attached hydrogens (tertiary/aromatic N) is 3. The Morgan fingerprint density at radius 2 is 2.11 bits per heavy atom. The molecule has 3 aliphatic heterocycles. The molecule has 0 saturated carbocycles. The van der Waals surface area contributed by atoms with Gasteiger partial charge < -0.3 is 20.4 Å². The highest BCUT2D eigenvalue weighted by molar-refractivity contribution is 5.85. The van der Waals surface area contributed by atoms with Crippen molar-refractivity contribution in [1.29, 1.82) is 0 Å². The van der Waals surface area contributed by atoms with Crippen LogP contribution in [0.3, 0.4) is 0 Å². The molecule has 27 heavy (non-hydrogen) atoms. The van der Waals surface area contributed by atoms with E-state index in [1.807, 2.05) is 12.3 Å². The molecule has 3 fully saturated rings. The summed E-state index contributed by atoms with van der Waals surface area (Å²) in [5.74, 6) is 1.37. The van der Waals surface area contributed by atoms with E-state index in [-0.39, 0.29) is 24.4 Å². The minimum atomic E-state index is -0.174. The Hall–Kier alpha value is -1.45. The summed E-state index contributed by atoms with van der Waals surface area (Å²) in [5, 5.41) is 6.47. The van der Waals surface area contributed by atoms with Gasteiger partial charge in [-0.25, -0.2) is 10.4 Å². The maximum Gasteiger partial charge on any atom is 0.239 e. The van der Waals surface area contributed by atoms with Crippen LogP contribution in [0.5, 0.6) is 0 Å². The third-order valence-electron chi connectivity index (χ3n) is 5.77. The number of anilines is 1. The van der Waals surface area contributed by atoms with Crippen molar-refractivity contribution in [3.05, 3.63) is 23.9 Å². The number of carbonyl (C=O) groups excluding carboxylic acids is 1. The molecule has 0 spiro atoms. The molecule has 0 aromatic carbocycles. The van der Waals surface area contributed by atoms with Gasteiger partial charge in [-0.05, 0) is 37.7 Å². The summed E-state index contributed by atoms with van der Waals surface area (Å²) in [5.41, 5.74) is 7.54. The van der Waals surface area contributed by atoms with Crippen molar-refractivity contribution in [2.45, 2.75) is 25.0 Å². The summed E-state index contributed by atoms with van der Waals surface area (Å²) >= 11 is 0. The number of piperazine rings is 1. The molecule has 0 aliphatic carbocycles. The molecule has 8 nitrogen and oxygen atoms in total. The van der Waals surface area contributed by atoms with E-state index in [1.54, 1.807) is 0 Å². The first-order chi connectivity index (χ1) is 12.7. The van der Waals surface area contributed by atoms with Gasteiger partial charge in [-0.3, -0.25) is 10.2 Å². The Kier molecular flexibility index (Phi) is 6.88. The lowest BCUT2D eigenvalue weighted by atomic mass is 9.89. The van der Waals surface area contributed by atoms with Crippen LogP contribution in [0.2, 0.25) is 0 Å². The number of hydrazine groups is 1. The maximum atomic E-state index is 12.6. The Balaban J connectivity index is 0.00000210. The molecule has 3 saturated heterocycles. The van der Waals surface area contributed by atoms with Crippen molar-refractivity contribution < 1.29 is 4.79 Å². The predicted octanol–water partition coefficient (Wildman–Crippen LogP) is -0.674. The molecule has 9 heteroatoms. The molecular weight excluding hydrogens is 366 g/mol. The van der Waals surface area contributed by atoms with Gasteiger partial charge in [0.1, 0.15) is 11.9 Å². The summed E-state index contributed by atoms with van der Waals surface area (Å²) < 4.78 is 0. The van der Waals surface area contributed by atoms with E-state index in [0.29, 0.717) is 18.5 Å². The molecule has 4 heterocycles. The predicted molar refractivity (Wildman–Crippen MR) is 108 cm³/mol. The van der Waals surface area contributed by atoms with Crippen molar-refractivity contribution in [2.75, 3.05) is 51.2 Å². The molecule has 1 aromatic rings. The van der Waals surface area contributed by atoms with Gasteiger partial charge in [-0.1, -0.05) is 0 Å². The Labute approximate surface area is 166 Å². The van der Waals surface area contributed by atoms with E-state index in [4.69, 9.17) is 0 Å². The molecule has 0 bridgehead atoms. The average molecular weight is 396 g/mol. The number of rotatable bonds is 4. The van der Waals surface area contributed by atoms with E-state index in [9.17, 15) is 4.79 Å². The second-order valence-electron chi connectivity index (χ2n) is 7.56. The lowest BCUT2D eigenvalue weighted by Gasteiger charge is -2.33. The summed E-state index contributed by atoms with van der Waals surface area (Å²) in [6.45, 7) is 6.52. The molecule has 4 N–H and O–H groups in total. The van der Waals surface area contributed by atoms with Crippen LogP contribution in [-0.2, 0) is 11.3 Å². The van der Waals surface area contributed by atoms with Crippen LogP contribution in [0, 0.1) is 5.92 Å². The van der Waals surface area contributed by atoms with E-state index >= 15 is 0 Å². The van der Waals surface area contributed by atoms with Crippen LogP contribution < -0.4 is 26.4 Å². The van der Waals surface area contributed by atoms with E-state index in [0.717, 1.165) is 57.1 Å². The lowest BCUT2D eigenvalue weighted by Crippen LogP contribution is -2.49. The topological polar surface area (TPSA) is 84.6 Å². The van der Waals surface area contributed by atoms with Gasteiger partial charge in [0.15, 0.2) is 0 Å². The summed E-state index contributed by atoms with van der Waals surface area (Å²) in [6.07, 6.45) is 2.89. The number of piperidine rings is 1. The van der Waals surface area contributed by atoms with E-state index in [2.05, 4.69) is 49.4 Å². The SMILES string of the molecule is CN1CCN(c2cc(CNC(=O)C3NNC4CCNCC43)ccn2)CC1.Cl. The van der Waals surface area contributed by atoms with Crippen molar-refractivity contribution in [1.82, 2.24) is 31.4 Å². The quantitative estimate of drug-likeness (QED) is 0.538. The first kappa shape index (κ1) is 20.3. The van der Waals surface area contributed by atoms with E-state index in [1.165, 1.54) is 0 Å². The molecule has 4 rings (SSSR count). The normalized spacial score (nSPS) is 28.3.